The predicted octanol–water partition coefficient (Wildman–Crippen LogP) is 4.51. The number of hydrogen-bond donors (Lipinski definition) is 1. The van der Waals surface area contributed by atoms with Crippen LogP contribution in [-0.4, -0.2) is 18.5 Å². The van der Waals surface area contributed by atoms with Crippen LogP contribution in [-0.2, 0) is 16.0 Å². The fourth-order valence-electron chi connectivity index (χ4n) is 2.30. The minimum Gasteiger partial charge on any atom is -0.460 e. The lowest BCUT2D eigenvalue weighted by atomic mass is 10.2. The molecule has 0 saturated carbocycles. The molecule has 0 fully saturated rings. The first-order chi connectivity index (χ1) is 11.6. The van der Waals surface area contributed by atoms with Crippen LogP contribution in [0.3, 0.4) is 0 Å². The van der Waals surface area contributed by atoms with Crippen LogP contribution in [0.2, 0.25) is 4.34 Å². The van der Waals surface area contributed by atoms with E-state index in [0.29, 0.717) is 21.0 Å². The van der Waals surface area contributed by atoms with E-state index in [1.165, 1.54) is 11.3 Å². The number of halogens is 1. The zero-order valence-corrected chi connectivity index (χ0v) is 14.4. The number of thiophene rings is 1. The molecule has 24 heavy (non-hydrogen) atoms. The highest BCUT2D eigenvalue weighted by molar-refractivity contribution is 7.16. The van der Waals surface area contributed by atoms with Gasteiger partial charge in [-0.1, -0.05) is 23.7 Å². The molecular formula is C17H14ClNO4S. The Hall–Kier alpha value is -2.31. The van der Waals surface area contributed by atoms with Gasteiger partial charge in [0.05, 0.1) is 17.4 Å². The summed E-state index contributed by atoms with van der Waals surface area (Å²) in [6.07, 6.45) is 0.166. The van der Waals surface area contributed by atoms with Gasteiger partial charge in [-0.2, -0.15) is 0 Å². The van der Waals surface area contributed by atoms with Crippen LogP contribution in [0.1, 0.15) is 22.4 Å². The molecule has 0 atom stereocenters. The minimum atomic E-state index is -0.608. The Bertz CT molecular complexity index is 899. The molecule has 0 aliphatic rings. The highest BCUT2D eigenvalue weighted by Gasteiger charge is 2.23. The Balaban J connectivity index is 1.90. The lowest BCUT2D eigenvalue weighted by molar-refractivity contribution is -0.115. The van der Waals surface area contributed by atoms with Gasteiger partial charge in [0, 0.05) is 10.3 Å². The number of furan rings is 1. The van der Waals surface area contributed by atoms with Gasteiger partial charge in [0.15, 0.2) is 0 Å². The third-order valence-corrected chi connectivity index (χ3v) is 4.52. The highest BCUT2D eigenvalue weighted by atomic mass is 35.5. The van der Waals surface area contributed by atoms with E-state index in [1.54, 1.807) is 37.3 Å². The smallest absolute Gasteiger partial charge is 0.376 e. The molecule has 1 N–H and O–H groups in total. The van der Waals surface area contributed by atoms with Crippen LogP contribution < -0.4 is 5.32 Å². The fraction of sp³-hybridized carbons (Fsp3) is 0.176. The average molecular weight is 364 g/mol. The van der Waals surface area contributed by atoms with Gasteiger partial charge in [-0.15, -0.1) is 11.3 Å². The standard InChI is InChI=1S/C17H14ClNO4S/c1-2-22-17(21)16-15(11-5-3-4-6-12(11)23-16)19-14(20)9-10-7-8-13(18)24-10/h3-8H,2,9H2,1H3,(H,19,20). The number of para-hydroxylation sites is 1. The summed E-state index contributed by atoms with van der Waals surface area (Å²) in [5.74, 6) is -0.871. The second kappa shape index (κ2) is 7.07. The number of carbonyl (C=O) groups is 2. The highest BCUT2D eigenvalue weighted by Crippen LogP contribution is 2.32. The van der Waals surface area contributed by atoms with Crippen LogP contribution in [0, 0.1) is 0 Å². The summed E-state index contributed by atoms with van der Waals surface area (Å²) >= 11 is 7.22. The Labute approximate surface area is 147 Å². The number of anilines is 1. The molecule has 0 aliphatic heterocycles. The van der Waals surface area contributed by atoms with Gasteiger partial charge in [-0.05, 0) is 31.2 Å². The summed E-state index contributed by atoms with van der Waals surface area (Å²) in [4.78, 5) is 25.3. The summed E-state index contributed by atoms with van der Waals surface area (Å²) in [6.45, 7) is 1.93. The van der Waals surface area contributed by atoms with Crippen LogP contribution in [0.15, 0.2) is 40.8 Å². The first-order valence-electron chi connectivity index (χ1n) is 7.31. The molecule has 0 radical (unpaired) electrons. The van der Waals surface area contributed by atoms with Crippen molar-refractivity contribution in [2.75, 3.05) is 11.9 Å². The van der Waals surface area contributed by atoms with Crippen molar-refractivity contribution >= 4 is 51.5 Å². The number of esters is 1. The van der Waals surface area contributed by atoms with Crippen molar-refractivity contribution in [3.63, 3.8) is 0 Å². The van der Waals surface area contributed by atoms with Crippen LogP contribution >= 0.6 is 22.9 Å². The van der Waals surface area contributed by atoms with Gasteiger partial charge >= 0.3 is 5.97 Å². The van der Waals surface area contributed by atoms with Gasteiger partial charge < -0.3 is 14.5 Å². The molecule has 0 bridgehead atoms. The first kappa shape index (κ1) is 16.5. The summed E-state index contributed by atoms with van der Waals surface area (Å²) in [7, 11) is 0. The van der Waals surface area contributed by atoms with E-state index in [0.717, 1.165) is 4.88 Å². The van der Waals surface area contributed by atoms with E-state index in [9.17, 15) is 9.59 Å². The maximum Gasteiger partial charge on any atom is 0.376 e. The lowest BCUT2D eigenvalue weighted by Gasteiger charge is -2.05. The number of ether oxygens (including phenoxy) is 1. The summed E-state index contributed by atoms with van der Waals surface area (Å²) in [6, 6.07) is 10.6. The number of carbonyl (C=O) groups excluding carboxylic acids is 2. The van der Waals surface area contributed by atoms with Crippen molar-refractivity contribution in [2.45, 2.75) is 13.3 Å². The Kier molecular flexibility index (Phi) is 4.87. The molecule has 5 nitrogen and oxygen atoms in total. The van der Waals surface area contributed by atoms with Crippen molar-refractivity contribution in [3.8, 4) is 0 Å². The van der Waals surface area contributed by atoms with Crippen molar-refractivity contribution in [1.29, 1.82) is 0 Å². The number of benzene rings is 1. The fourth-order valence-corrected chi connectivity index (χ4v) is 3.38. The van der Waals surface area contributed by atoms with Crippen molar-refractivity contribution in [3.05, 3.63) is 51.4 Å². The third-order valence-electron chi connectivity index (χ3n) is 3.28. The van der Waals surface area contributed by atoms with E-state index in [1.807, 2.05) is 6.07 Å². The van der Waals surface area contributed by atoms with Crippen molar-refractivity contribution in [2.24, 2.45) is 0 Å². The molecular weight excluding hydrogens is 350 g/mol. The average Bonchev–Trinajstić information content (AvgIpc) is 3.12. The van der Waals surface area contributed by atoms with E-state index < -0.39 is 5.97 Å². The third kappa shape index (κ3) is 3.44. The molecule has 0 spiro atoms. The van der Waals surface area contributed by atoms with Crippen LogP contribution in [0.5, 0.6) is 0 Å². The molecule has 3 aromatic rings. The van der Waals surface area contributed by atoms with E-state index in [2.05, 4.69) is 5.32 Å². The summed E-state index contributed by atoms with van der Waals surface area (Å²) in [5.41, 5.74) is 0.840. The second-order valence-electron chi connectivity index (χ2n) is 4.95. The molecule has 1 aromatic carbocycles. The zero-order valence-electron chi connectivity index (χ0n) is 12.8. The minimum absolute atomic E-state index is 0.00406. The molecule has 0 unspecified atom stereocenters. The predicted molar refractivity (Wildman–Crippen MR) is 93.8 cm³/mol. The van der Waals surface area contributed by atoms with Crippen molar-refractivity contribution in [1.82, 2.24) is 0 Å². The maximum atomic E-state index is 12.3. The summed E-state index contributed by atoms with van der Waals surface area (Å²) in [5, 5.41) is 3.41. The Morgan fingerprint density at radius 1 is 1.25 bits per heavy atom. The summed E-state index contributed by atoms with van der Waals surface area (Å²) < 4.78 is 11.2. The van der Waals surface area contributed by atoms with E-state index in [4.69, 9.17) is 20.8 Å². The molecule has 1 amide bonds. The molecule has 7 heteroatoms. The normalized spacial score (nSPS) is 10.8. The molecule has 0 saturated heterocycles. The molecule has 0 aliphatic carbocycles. The van der Waals surface area contributed by atoms with Crippen LogP contribution in [0.4, 0.5) is 5.69 Å². The number of rotatable bonds is 5. The molecule has 124 valence electrons. The van der Waals surface area contributed by atoms with E-state index in [-0.39, 0.29) is 24.7 Å². The van der Waals surface area contributed by atoms with Gasteiger partial charge in [0.25, 0.3) is 0 Å². The largest absolute Gasteiger partial charge is 0.460 e. The first-order valence-corrected chi connectivity index (χ1v) is 8.50. The Morgan fingerprint density at radius 2 is 2.04 bits per heavy atom. The number of nitrogens with one attached hydrogen (secondary N) is 1. The molecule has 2 heterocycles. The SMILES string of the molecule is CCOC(=O)c1oc2ccccc2c1NC(=O)Cc1ccc(Cl)s1. The monoisotopic (exact) mass is 363 g/mol. The second-order valence-corrected chi connectivity index (χ2v) is 6.75. The number of fused-ring (bicyclic) bond motifs is 1. The Morgan fingerprint density at radius 3 is 2.75 bits per heavy atom. The van der Waals surface area contributed by atoms with Gasteiger partial charge in [0.2, 0.25) is 11.7 Å². The zero-order chi connectivity index (χ0) is 17.1. The molecule has 2 aromatic heterocycles. The number of hydrogen-bond acceptors (Lipinski definition) is 5. The topological polar surface area (TPSA) is 68.5 Å². The quantitative estimate of drug-likeness (QED) is 0.677. The van der Waals surface area contributed by atoms with Crippen LogP contribution in [0.25, 0.3) is 11.0 Å². The van der Waals surface area contributed by atoms with Gasteiger partial charge in [-0.3, -0.25) is 4.79 Å². The molecule has 3 rings (SSSR count). The van der Waals surface area contributed by atoms with Gasteiger partial charge in [0.1, 0.15) is 11.3 Å². The van der Waals surface area contributed by atoms with Crippen molar-refractivity contribution < 1.29 is 18.7 Å². The van der Waals surface area contributed by atoms with Gasteiger partial charge in [-0.25, -0.2) is 4.79 Å². The maximum absolute atomic E-state index is 12.3. The van der Waals surface area contributed by atoms with E-state index >= 15 is 0 Å². The lowest BCUT2D eigenvalue weighted by Crippen LogP contribution is -2.16. The number of amides is 1.